The summed E-state index contributed by atoms with van der Waals surface area (Å²) in [6.07, 6.45) is 1.86. The average Bonchev–Trinajstić information content (AvgIpc) is 2.53. The van der Waals surface area contributed by atoms with Crippen molar-refractivity contribution in [3.05, 3.63) is 0 Å². The molecule has 0 aliphatic carbocycles. The van der Waals surface area contributed by atoms with E-state index in [2.05, 4.69) is 0 Å². The normalized spacial score (nSPS) is 20.4. The van der Waals surface area contributed by atoms with Crippen LogP contribution in [0.4, 0.5) is 0 Å². The molecule has 0 spiro atoms. The third kappa shape index (κ3) is 1.93. The largest absolute Gasteiger partial charge is 0.272 e. The fraction of sp³-hybridized carbons (Fsp3) is 0.875. The molecule has 0 bridgehead atoms. The summed E-state index contributed by atoms with van der Waals surface area (Å²) in [4.78, 5) is 16.5. The molecule has 64 valence electrons. The zero-order valence-electron chi connectivity index (χ0n) is 7.17. The minimum Gasteiger partial charge on any atom is -0.272 e. The Morgan fingerprint density at radius 1 is 1.73 bits per heavy atom. The molecule has 0 saturated carbocycles. The maximum atomic E-state index is 11.4. The zero-order valence-corrected chi connectivity index (χ0v) is 7.17. The Morgan fingerprint density at radius 2 is 2.45 bits per heavy atom. The molecule has 1 saturated heterocycles. The predicted octanol–water partition coefficient (Wildman–Crippen LogP) is 1.20. The van der Waals surface area contributed by atoms with E-state index in [4.69, 9.17) is 4.84 Å². The van der Waals surface area contributed by atoms with Gasteiger partial charge in [-0.3, -0.25) is 9.63 Å². The molecule has 3 nitrogen and oxygen atoms in total. The topological polar surface area (TPSA) is 29.5 Å². The summed E-state index contributed by atoms with van der Waals surface area (Å²) < 4.78 is 0. The first-order chi connectivity index (χ1) is 5.25. The van der Waals surface area contributed by atoms with Crippen LogP contribution in [0.25, 0.3) is 0 Å². The van der Waals surface area contributed by atoms with Crippen molar-refractivity contribution in [2.45, 2.75) is 26.7 Å². The van der Waals surface area contributed by atoms with Gasteiger partial charge in [-0.05, 0) is 12.8 Å². The molecule has 1 unspecified atom stereocenters. The van der Waals surface area contributed by atoms with Crippen molar-refractivity contribution < 1.29 is 9.63 Å². The molecule has 1 aliphatic heterocycles. The van der Waals surface area contributed by atoms with Crippen LogP contribution < -0.4 is 0 Å². The summed E-state index contributed by atoms with van der Waals surface area (Å²) in [5.41, 5.74) is 0. The summed E-state index contributed by atoms with van der Waals surface area (Å²) in [6.45, 7) is 5.41. The smallest absolute Gasteiger partial charge is 0.248 e. The van der Waals surface area contributed by atoms with Crippen LogP contribution in [0.5, 0.6) is 0 Å². The lowest BCUT2D eigenvalue weighted by Crippen LogP contribution is -2.31. The van der Waals surface area contributed by atoms with Gasteiger partial charge in [0.2, 0.25) is 5.91 Å². The van der Waals surface area contributed by atoms with Crippen LogP contribution in [-0.4, -0.2) is 24.1 Å². The second-order valence-corrected chi connectivity index (χ2v) is 2.94. The van der Waals surface area contributed by atoms with Crippen LogP contribution in [0.3, 0.4) is 0 Å². The number of amides is 1. The number of nitrogens with zero attached hydrogens (tertiary/aromatic N) is 1. The van der Waals surface area contributed by atoms with E-state index in [-0.39, 0.29) is 11.8 Å². The first kappa shape index (κ1) is 8.53. The van der Waals surface area contributed by atoms with E-state index in [0.29, 0.717) is 6.61 Å². The van der Waals surface area contributed by atoms with Gasteiger partial charge in [0, 0.05) is 5.92 Å². The number of carbonyl (C=O) groups is 1. The van der Waals surface area contributed by atoms with Crippen molar-refractivity contribution in [1.29, 1.82) is 0 Å². The van der Waals surface area contributed by atoms with Gasteiger partial charge in [0.15, 0.2) is 0 Å². The van der Waals surface area contributed by atoms with E-state index in [1.165, 1.54) is 5.06 Å². The van der Waals surface area contributed by atoms with Gasteiger partial charge in [-0.1, -0.05) is 13.8 Å². The Balaban J connectivity index is 2.39. The van der Waals surface area contributed by atoms with E-state index < -0.39 is 0 Å². The van der Waals surface area contributed by atoms with Crippen molar-refractivity contribution in [2.75, 3.05) is 13.2 Å². The first-order valence-electron chi connectivity index (χ1n) is 4.20. The minimum atomic E-state index is 0.105. The molecular weight excluding hydrogens is 142 g/mol. The van der Waals surface area contributed by atoms with Gasteiger partial charge in [-0.2, -0.15) is 0 Å². The third-order valence-electron chi connectivity index (χ3n) is 2.03. The third-order valence-corrected chi connectivity index (χ3v) is 2.03. The van der Waals surface area contributed by atoms with Gasteiger partial charge in [0.25, 0.3) is 0 Å². The fourth-order valence-corrected chi connectivity index (χ4v) is 1.04. The fourth-order valence-electron chi connectivity index (χ4n) is 1.04. The molecule has 0 radical (unpaired) electrons. The van der Waals surface area contributed by atoms with Crippen LogP contribution in [0.15, 0.2) is 0 Å². The molecule has 0 N–H and O–H groups in total. The van der Waals surface area contributed by atoms with E-state index in [0.717, 1.165) is 19.4 Å². The first-order valence-corrected chi connectivity index (χ1v) is 4.20. The summed E-state index contributed by atoms with van der Waals surface area (Å²) in [5.74, 6) is 0.234. The van der Waals surface area contributed by atoms with Crippen LogP contribution in [-0.2, 0) is 9.63 Å². The van der Waals surface area contributed by atoms with Crippen LogP contribution in [0.2, 0.25) is 0 Å². The molecule has 1 atom stereocenters. The van der Waals surface area contributed by atoms with Crippen molar-refractivity contribution in [1.82, 2.24) is 5.06 Å². The van der Waals surface area contributed by atoms with Crippen LogP contribution >= 0.6 is 0 Å². The molecule has 1 rings (SSSR count). The monoisotopic (exact) mass is 157 g/mol. The lowest BCUT2D eigenvalue weighted by molar-refractivity contribution is -0.172. The minimum absolute atomic E-state index is 0.105. The lowest BCUT2D eigenvalue weighted by atomic mass is 10.1. The number of hydrogen-bond donors (Lipinski definition) is 0. The van der Waals surface area contributed by atoms with Gasteiger partial charge in [0.1, 0.15) is 0 Å². The quantitative estimate of drug-likeness (QED) is 0.602. The van der Waals surface area contributed by atoms with Crippen molar-refractivity contribution in [3.63, 3.8) is 0 Å². The number of hydrogen-bond acceptors (Lipinski definition) is 2. The highest BCUT2D eigenvalue weighted by molar-refractivity contribution is 5.77. The maximum Gasteiger partial charge on any atom is 0.248 e. The van der Waals surface area contributed by atoms with E-state index in [1.54, 1.807) is 0 Å². The predicted molar refractivity (Wildman–Crippen MR) is 41.7 cm³/mol. The second-order valence-electron chi connectivity index (χ2n) is 2.94. The molecule has 1 fully saturated rings. The second kappa shape index (κ2) is 3.72. The summed E-state index contributed by atoms with van der Waals surface area (Å²) in [7, 11) is 0. The van der Waals surface area contributed by atoms with E-state index in [9.17, 15) is 4.79 Å². The number of rotatable bonds is 2. The highest BCUT2D eigenvalue weighted by Gasteiger charge is 2.22. The average molecular weight is 157 g/mol. The van der Waals surface area contributed by atoms with Crippen molar-refractivity contribution in [3.8, 4) is 0 Å². The molecule has 0 aromatic heterocycles. The number of hydroxylamine groups is 2. The Labute approximate surface area is 67.3 Å². The zero-order chi connectivity index (χ0) is 8.27. The van der Waals surface area contributed by atoms with Gasteiger partial charge in [-0.15, -0.1) is 0 Å². The van der Waals surface area contributed by atoms with Gasteiger partial charge < -0.3 is 0 Å². The maximum absolute atomic E-state index is 11.4. The van der Waals surface area contributed by atoms with Crippen LogP contribution in [0.1, 0.15) is 26.7 Å². The van der Waals surface area contributed by atoms with Gasteiger partial charge in [0.05, 0.1) is 13.2 Å². The van der Waals surface area contributed by atoms with E-state index in [1.807, 2.05) is 13.8 Å². The van der Waals surface area contributed by atoms with E-state index >= 15 is 0 Å². The summed E-state index contributed by atoms with van der Waals surface area (Å²) >= 11 is 0. The van der Waals surface area contributed by atoms with Gasteiger partial charge in [-0.25, -0.2) is 5.06 Å². The Bertz CT molecular complexity index is 141. The molecule has 0 aromatic rings. The summed E-state index contributed by atoms with van der Waals surface area (Å²) in [5, 5.41) is 1.49. The standard InChI is InChI=1S/C8H15NO2/c1-3-7(2)8(10)9-5-4-6-11-9/h7H,3-6H2,1-2H3. The van der Waals surface area contributed by atoms with Crippen molar-refractivity contribution >= 4 is 5.91 Å². The molecule has 11 heavy (non-hydrogen) atoms. The summed E-state index contributed by atoms with van der Waals surface area (Å²) in [6, 6.07) is 0. The van der Waals surface area contributed by atoms with Crippen molar-refractivity contribution in [2.24, 2.45) is 5.92 Å². The SMILES string of the molecule is CCC(C)C(=O)N1CCCO1. The van der Waals surface area contributed by atoms with Gasteiger partial charge >= 0.3 is 0 Å². The Hall–Kier alpha value is -0.570. The molecule has 0 aromatic carbocycles. The molecule has 3 heteroatoms. The highest BCUT2D eigenvalue weighted by atomic mass is 16.7. The Kier molecular flexibility index (Phi) is 2.88. The molecule has 1 amide bonds. The molecular formula is C8H15NO2. The highest BCUT2D eigenvalue weighted by Crippen LogP contribution is 2.11. The molecule has 1 heterocycles. The van der Waals surface area contributed by atoms with Crippen LogP contribution in [0, 0.1) is 5.92 Å². The Morgan fingerprint density at radius 3 is 2.91 bits per heavy atom. The number of carbonyl (C=O) groups excluding carboxylic acids is 1. The molecule has 1 aliphatic rings. The lowest BCUT2D eigenvalue weighted by Gasteiger charge is -2.17.